The Bertz CT molecular complexity index is 916. The van der Waals surface area contributed by atoms with Gasteiger partial charge in [0.25, 0.3) is 0 Å². The van der Waals surface area contributed by atoms with Crippen LogP contribution < -0.4 is 9.47 Å². The summed E-state index contributed by atoms with van der Waals surface area (Å²) >= 11 is 12.3. The Morgan fingerprint density at radius 3 is 2.65 bits per heavy atom. The second-order valence-electron chi connectivity index (χ2n) is 5.30. The number of aromatic nitrogens is 2. The van der Waals surface area contributed by atoms with E-state index in [1.165, 1.54) is 29.8 Å². The van der Waals surface area contributed by atoms with E-state index in [2.05, 4.69) is 5.10 Å². The van der Waals surface area contributed by atoms with Crippen LogP contribution in [0, 0.1) is 18.3 Å². The number of carboxylic acids is 1. The number of hydrogen-bond acceptors (Lipinski definition) is 5. The van der Waals surface area contributed by atoms with Crippen molar-refractivity contribution in [1.82, 2.24) is 9.78 Å². The molecule has 0 aliphatic carbocycles. The number of carbonyl (C=O) groups is 1. The molecule has 7 nitrogen and oxygen atoms in total. The Morgan fingerprint density at radius 2 is 2.04 bits per heavy atom. The third-order valence-corrected chi connectivity index (χ3v) is 3.97. The zero-order chi connectivity index (χ0) is 19.4. The van der Waals surface area contributed by atoms with Crippen LogP contribution in [0.3, 0.4) is 0 Å². The van der Waals surface area contributed by atoms with Gasteiger partial charge >= 0.3 is 5.97 Å². The molecule has 26 heavy (non-hydrogen) atoms. The molecule has 0 bridgehead atoms. The Hall–Kier alpha value is -2.69. The van der Waals surface area contributed by atoms with E-state index in [1.807, 2.05) is 6.07 Å². The fraction of sp³-hybridized carbons (Fsp3) is 0.235. The van der Waals surface area contributed by atoms with E-state index in [4.69, 9.17) is 43.0 Å². The number of benzene rings is 1. The van der Waals surface area contributed by atoms with E-state index in [0.29, 0.717) is 17.1 Å². The van der Waals surface area contributed by atoms with E-state index in [9.17, 15) is 4.79 Å². The first kappa shape index (κ1) is 19.6. The van der Waals surface area contributed by atoms with Crippen LogP contribution >= 0.6 is 23.2 Å². The highest BCUT2D eigenvalue weighted by Crippen LogP contribution is 2.39. The van der Waals surface area contributed by atoms with Gasteiger partial charge < -0.3 is 14.6 Å². The van der Waals surface area contributed by atoms with Gasteiger partial charge in [0, 0.05) is 19.2 Å². The minimum Gasteiger partial charge on any atom is -0.479 e. The summed E-state index contributed by atoms with van der Waals surface area (Å²) in [6.07, 6.45) is 1.78. The van der Waals surface area contributed by atoms with Gasteiger partial charge in [-0.05, 0) is 26.0 Å². The highest BCUT2D eigenvalue weighted by atomic mass is 35.5. The predicted octanol–water partition coefficient (Wildman–Crippen LogP) is 4.22. The summed E-state index contributed by atoms with van der Waals surface area (Å²) in [7, 11) is 1.68. The third kappa shape index (κ3) is 4.28. The smallest absolute Gasteiger partial charge is 0.344 e. The maximum atomic E-state index is 11.0. The Kier molecular flexibility index (Phi) is 6.14. The molecule has 0 amide bonds. The van der Waals surface area contributed by atoms with Gasteiger partial charge in [0.05, 0.1) is 27.4 Å². The van der Waals surface area contributed by atoms with E-state index in [1.54, 1.807) is 20.0 Å². The number of halogens is 2. The summed E-state index contributed by atoms with van der Waals surface area (Å²) in [5, 5.41) is 22.3. The van der Waals surface area contributed by atoms with Crippen molar-refractivity contribution in [1.29, 1.82) is 5.26 Å². The highest BCUT2D eigenvalue weighted by molar-refractivity contribution is 6.36. The molecule has 0 saturated heterocycles. The summed E-state index contributed by atoms with van der Waals surface area (Å²) in [5.41, 5.74) is 1.27. The van der Waals surface area contributed by atoms with Crippen LogP contribution in [0.1, 0.15) is 18.2 Å². The average molecular weight is 396 g/mol. The number of nitrogens with zero attached hydrogens (tertiary/aromatic N) is 3. The fourth-order valence-corrected chi connectivity index (χ4v) is 2.58. The number of allylic oxidation sites excluding steroid dienone is 1. The number of nitriles is 1. The number of aliphatic carboxylic acids is 1. The maximum absolute atomic E-state index is 11.0. The monoisotopic (exact) mass is 395 g/mol. The number of carboxylic acid groups (broad SMARTS) is 1. The molecule has 1 atom stereocenters. The maximum Gasteiger partial charge on any atom is 0.344 e. The molecule has 0 saturated carbocycles. The van der Waals surface area contributed by atoms with Gasteiger partial charge in [-0.3, -0.25) is 0 Å². The summed E-state index contributed by atoms with van der Waals surface area (Å²) in [4.78, 5) is 11.0. The van der Waals surface area contributed by atoms with Gasteiger partial charge in [-0.2, -0.15) is 10.4 Å². The number of aryl methyl sites for hydroxylation is 2. The number of ether oxygens (including phenoxy) is 2. The molecule has 136 valence electrons. The molecule has 0 radical (unpaired) electrons. The van der Waals surface area contributed by atoms with Crippen molar-refractivity contribution in [3.63, 3.8) is 0 Å². The molecule has 0 aliphatic rings. The van der Waals surface area contributed by atoms with Crippen molar-refractivity contribution in [3.8, 4) is 23.4 Å². The zero-order valence-electron chi connectivity index (χ0n) is 14.2. The van der Waals surface area contributed by atoms with Crippen molar-refractivity contribution in [2.45, 2.75) is 20.0 Å². The second kappa shape index (κ2) is 8.13. The van der Waals surface area contributed by atoms with Crippen molar-refractivity contribution in [2.24, 2.45) is 7.05 Å². The van der Waals surface area contributed by atoms with Crippen LogP contribution in [0.4, 0.5) is 0 Å². The molecule has 9 heteroatoms. The quantitative estimate of drug-likeness (QED) is 0.735. The molecule has 2 aromatic rings. The van der Waals surface area contributed by atoms with Crippen molar-refractivity contribution in [3.05, 3.63) is 39.5 Å². The molecule has 1 aromatic heterocycles. The molecule has 0 unspecified atom stereocenters. The van der Waals surface area contributed by atoms with Crippen molar-refractivity contribution < 1.29 is 19.4 Å². The molecule has 0 spiro atoms. The molecular formula is C17H15Cl2N3O4. The predicted molar refractivity (Wildman–Crippen MR) is 96.9 cm³/mol. The van der Waals surface area contributed by atoms with Crippen LogP contribution in [-0.2, 0) is 11.8 Å². The lowest BCUT2D eigenvalue weighted by molar-refractivity contribution is -0.144. The summed E-state index contributed by atoms with van der Waals surface area (Å²) < 4.78 is 12.7. The SMILES string of the molecule is Cc1nn(C)c(Oc2cc(O[C@@H](C)C(=O)O)c(Cl)cc2Cl)c1C=CC#N. The van der Waals surface area contributed by atoms with Crippen molar-refractivity contribution >= 4 is 35.2 Å². The lowest BCUT2D eigenvalue weighted by Gasteiger charge is -2.15. The molecule has 0 aliphatic heterocycles. The van der Waals surface area contributed by atoms with Crippen LogP contribution in [0.2, 0.25) is 10.0 Å². The first-order valence-electron chi connectivity index (χ1n) is 7.40. The standard InChI is InChI=1S/C17H15Cl2N3O4/c1-9-11(5-4-6-20)16(22(3)21-9)26-15-8-14(12(18)7-13(15)19)25-10(2)17(23)24/h4-5,7-8,10H,1-3H3,(H,23,24)/t10-/m0/s1. The molecule has 1 N–H and O–H groups in total. The Balaban J connectivity index is 2.43. The lowest BCUT2D eigenvalue weighted by Crippen LogP contribution is -2.23. The summed E-state index contributed by atoms with van der Waals surface area (Å²) in [5.74, 6) is -0.452. The lowest BCUT2D eigenvalue weighted by atomic mass is 10.2. The number of rotatable bonds is 6. The first-order chi connectivity index (χ1) is 12.2. The van der Waals surface area contributed by atoms with Gasteiger partial charge in [-0.25, -0.2) is 9.48 Å². The number of hydrogen-bond donors (Lipinski definition) is 1. The van der Waals surface area contributed by atoms with Crippen molar-refractivity contribution in [2.75, 3.05) is 0 Å². The summed E-state index contributed by atoms with van der Waals surface area (Å²) in [6.45, 7) is 3.15. The summed E-state index contributed by atoms with van der Waals surface area (Å²) in [6, 6.07) is 4.72. The van der Waals surface area contributed by atoms with E-state index < -0.39 is 12.1 Å². The van der Waals surface area contributed by atoms with Crippen LogP contribution in [0.15, 0.2) is 18.2 Å². The third-order valence-electron chi connectivity index (χ3n) is 3.38. The van der Waals surface area contributed by atoms with Gasteiger partial charge in [0.15, 0.2) is 11.9 Å². The van der Waals surface area contributed by atoms with Gasteiger partial charge in [0.2, 0.25) is 5.88 Å². The Morgan fingerprint density at radius 1 is 1.38 bits per heavy atom. The Labute approximate surface area is 160 Å². The topological polar surface area (TPSA) is 97.4 Å². The van der Waals surface area contributed by atoms with E-state index in [-0.39, 0.29) is 21.5 Å². The zero-order valence-corrected chi connectivity index (χ0v) is 15.7. The molecule has 2 rings (SSSR count). The van der Waals surface area contributed by atoms with Crippen LogP contribution in [-0.4, -0.2) is 27.0 Å². The largest absolute Gasteiger partial charge is 0.479 e. The normalized spacial score (nSPS) is 12.0. The molecule has 0 fully saturated rings. The highest BCUT2D eigenvalue weighted by Gasteiger charge is 2.19. The van der Waals surface area contributed by atoms with Gasteiger partial charge in [-0.1, -0.05) is 23.2 Å². The van der Waals surface area contributed by atoms with Gasteiger partial charge in [0.1, 0.15) is 5.75 Å². The minimum absolute atomic E-state index is 0.119. The second-order valence-corrected chi connectivity index (χ2v) is 6.12. The first-order valence-corrected chi connectivity index (χ1v) is 8.16. The fourth-order valence-electron chi connectivity index (χ4n) is 2.11. The molecule has 1 heterocycles. The van der Waals surface area contributed by atoms with E-state index >= 15 is 0 Å². The average Bonchev–Trinajstić information content (AvgIpc) is 2.83. The molecular weight excluding hydrogens is 381 g/mol. The molecule has 1 aromatic carbocycles. The minimum atomic E-state index is -1.13. The van der Waals surface area contributed by atoms with Gasteiger partial charge in [-0.15, -0.1) is 0 Å². The van der Waals surface area contributed by atoms with E-state index in [0.717, 1.165) is 0 Å². The van der Waals surface area contributed by atoms with Crippen LogP contribution in [0.5, 0.6) is 17.4 Å². The van der Waals surface area contributed by atoms with Crippen LogP contribution in [0.25, 0.3) is 6.08 Å².